The van der Waals surface area contributed by atoms with Crippen LogP contribution in [0.15, 0.2) is 53.5 Å². The quantitative estimate of drug-likeness (QED) is 0.703. The van der Waals surface area contributed by atoms with Crippen LogP contribution < -0.4 is 10.9 Å². The van der Waals surface area contributed by atoms with Crippen molar-refractivity contribution < 1.29 is 4.79 Å². The molecule has 0 saturated carbocycles. The van der Waals surface area contributed by atoms with E-state index in [9.17, 15) is 9.59 Å². The van der Waals surface area contributed by atoms with E-state index in [2.05, 4.69) is 17.4 Å². The van der Waals surface area contributed by atoms with Crippen molar-refractivity contribution in [3.63, 3.8) is 0 Å². The average molecular weight is 337 g/mol. The van der Waals surface area contributed by atoms with Crippen LogP contribution in [0.2, 0.25) is 0 Å². The van der Waals surface area contributed by atoms with Gasteiger partial charge in [-0.1, -0.05) is 30.3 Å². The Bertz CT molecular complexity index is 939. The Kier molecular flexibility index (Phi) is 5.03. The van der Waals surface area contributed by atoms with Gasteiger partial charge in [-0.3, -0.25) is 9.59 Å². The third kappa shape index (κ3) is 3.50. The van der Waals surface area contributed by atoms with Gasteiger partial charge in [-0.15, -0.1) is 0 Å². The third-order valence-electron chi connectivity index (χ3n) is 4.53. The second-order valence-corrected chi connectivity index (χ2v) is 6.14. The van der Waals surface area contributed by atoms with Crippen molar-refractivity contribution in [2.75, 3.05) is 6.54 Å². The summed E-state index contributed by atoms with van der Waals surface area (Å²) in [7, 11) is 1.82. The number of nitrogens with zero attached hydrogens (tertiary/aromatic N) is 2. The Balaban J connectivity index is 1.69. The third-order valence-corrected chi connectivity index (χ3v) is 4.53. The lowest BCUT2D eigenvalue weighted by atomic mass is 10.1. The fraction of sp³-hybridized carbons (Fsp3) is 0.300. The lowest BCUT2D eigenvalue weighted by molar-refractivity contribution is 0.0945. The molecule has 3 aromatic rings. The summed E-state index contributed by atoms with van der Waals surface area (Å²) in [6.45, 7) is 3.15. The zero-order valence-electron chi connectivity index (χ0n) is 14.7. The maximum Gasteiger partial charge on any atom is 0.267 e. The molecular weight excluding hydrogens is 314 g/mol. The first-order chi connectivity index (χ1) is 12.1. The van der Waals surface area contributed by atoms with Gasteiger partial charge in [0.15, 0.2) is 0 Å². The minimum Gasteiger partial charge on any atom is -0.351 e. The maximum atomic E-state index is 12.5. The summed E-state index contributed by atoms with van der Waals surface area (Å²) in [5, 5.41) is 3.53. The van der Waals surface area contributed by atoms with Gasteiger partial charge in [-0.05, 0) is 37.5 Å². The van der Waals surface area contributed by atoms with Crippen LogP contribution in [-0.2, 0) is 20.0 Å². The Labute approximate surface area is 146 Å². The van der Waals surface area contributed by atoms with Crippen LogP contribution in [0.5, 0.6) is 0 Å². The van der Waals surface area contributed by atoms with Gasteiger partial charge >= 0.3 is 0 Å². The summed E-state index contributed by atoms with van der Waals surface area (Å²) < 4.78 is 3.42. The molecule has 0 aliphatic carbocycles. The molecule has 2 aromatic heterocycles. The molecular formula is C20H23N3O2. The lowest BCUT2D eigenvalue weighted by Crippen LogP contribution is -2.26. The minimum absolute atomic E-state index is 0.0567. The van der Waals surface area contributed by atoms with E-state index in [1.807, 2.05) is 38.2 Å². The molecule has 2 heterocycles. The highest BCUT2D eigenvalue weighted by molar-refractivity contribution is 5.98. The van der Waals surface area contributed by atoms with Crippen molar-refractivity contribution in [3.05, 3.63) is 70.3 Å². The van der Waals surface area contributed by atoms with Crippen LogP contribution in [0.3, 0.4) is 0 Å². The van der Waals surface area contributed by atoms with E-state index in [0.29, 0.717) is 24.2 Å². The highest BCUT2D eigenvalue weighted by atomic mass is 16.2. The molecule has 25 heavy (non-hydrogen) atoms. The van der Waals surface area contributed by atoms with E-state index < -0.39 is 0 Å². The van der Waals surface area contributed by atoms with E-state index in [1.54, 1.807) is 21.4 Å². The molecule has 0 spiro atoms. The van der Waals surface area contributed by atoms with Gasteiger partial charge < -0.3 is 14.5 Å². The second kappa shape index (κ2) is 7.38. The maximum absolute atomic E-state index is 12.5. The zero-order chi connectivity index (χ0) is 17.8. The van der Waals surface area contributed by atoms with Crippen LogP contribution in [-0.4, -0.2) is 21.6 Å². The van der Waals surface area contributed by atoms with Gasteiger partial charge in [0.1, 0.15) is 5.69 Å². The normalized spacial score (nSPS) is 11.0. The topological polar surface area (TPSA) is 56.0 Å². The number of nitrogens with one attached hydrogen (secondary N) is 1. The molecule has 1 N–H and O–H groups in total. The number of aromatic nitrogens is 2. The molecule has 0 aliphatic rings. The number of hydrogen-bond acceptors (Lipinski definition) is 2. The van der Waals surface area contributed by atoms with Gasteiger partial charge in [0.2, 0.25) is 0 Å². The number of rotatable bonds is 6. The average Bonchev–Trinajstić information content (AvgIpc) is 2.98. The largest absolute Gasteiger partial charge is 0.351 e. The zero-order valence-corrected chi connectivity index (χ0v) is 14.7. The molecule has 1 amide bonds. The molecule has 5 nitrogen and oxygen atoms in total. The van der Waals surface area contributed by atoms with E-state index in [0.717, 1.165) is 18.4 Å². The molecule has 0 bridgehead atoms. The molecule has 0 atom stereocenters. The van der Waals surface area contributed by atoms with E-state index in [1.165, 1.54) is 5.56 Å². The van der Waals surface area contributed by atoms with Crippen molar-refractivity contribution in [1.29, 1.82) is 0 Å². The number of aryl methyl sites for hydroxylation is 3. The fourth-order valence-electron chi connectivity index (χ4n) is 3.07. The van der Waals surface area contributed by atoms with Crippen molar-refractivity contribution in [3.8, 4) is 0 Å². The highest BCUT2D eigenvalue weighted by Crippen LogP contribution is 2.15. The molecule has 5 heteroatoms. The SMILES string of the molecule is CCn1ccc2c(cc(C(=O)NCCCc3ccccc3)n2C)c1=O. The van der Waals surface area contributed by atoms with E-state index in [-0.39, 0.29) is 11.5 Å². The number of amides is 1. The standard InChI is InChI=1S/C20H23N3O2/c1-3-23-13-11-17-16(20(23)25)14-18(22(17)2)19(24)21-12-7-10-15-8-5-4-6-9-15/h4-6,8-9,11,13-14H,3,7,10,12H2,1-2H3,(H,21,24). The number of pyridine rings is 1. The van der Waals surface area contributed by atoms with Crippen LogP contribution in [0.25, 0.3) is 10.9 Å². The molecule has 3 rings (SSSR count). The van der Waals surface area contributed by atoms with Crippen molar-refractivity contribution in [1.82, 2.24) is 14.5 Å². The van der Waals surface area contributed by atoms with Crippen LogP contribution in [0.1, 0.15) is 29.4 Å². The summed E-state index contributed by atoms with van der Waals surface area (Å²) >= 11 is 0. The van der Waals surface area contributed by atoms with Gasteiger partial charge in [0.25, 0.3) is 11.5 Å². The summed E-state index contributed by atoms with van der Waals surface area (Å²) in [6, 6.07) is 13.8. The second-order valence-electron chi connectivity index (χ2n) is 6.14. The molecule has 0 aliphatic heterocycles. The predicted molar refractivity (Wildman–Crippen MR) is 99.9 cm³/mol. The smallest absolute Gasteiger partial charge is 0.267 e. The molecule has 0 unspecified atom stereocenters. The molecule has 0 radical (unpaired) electrons. The van der Waals surface area contributed by atoms with Crippen molar-refractivity contribution >= 4 is 16.8 Å². The fourth-order valence-corrected chi connectivity index (χ4v) is 3.07. The summed E-state index contributed by atoms with van der Waals surface area (Å²) in [5.74, 6) is -0.144. The number of fused-ring (bicyclic) bond motifs is 1. The number of carbonyl (C=O) groups is 1. The van der Waals surface area contributed by atoms with E-state index in [4.69, 9.17) is 0 Å². The first-order valence-corrected chi connectivity index (χ1v) is 8.62. The molecule has 0 saturated heterocycles. The van der Waals surface area contributed by atoms with Gasteiger partial charge in [-0.25, -0.2) is 0 Å². The Hall–Kier alpha value is -2.82. The Morgan fingerprint density at radius 2 is 1.92 bits per heavy atom. The van der Waals surface area contributed by atoms with Crippen LogP contribution in [0.4, 0.5) is 0 Å². The minimum atomic E-state index is -0.144. The van der Waals surface area contributed by atoms with Gasteiger partial charge in [0, 0.05) is 26.3 Å². The lowest BCUT2D eigenvalue weighted by Gasteiger charge is -2.07. The van der Waals surface area contributed by atoms with Gasteiger partial charge in [-0.2, -0.15) is 0 Å². The summed E-state index contributed by atoms with van der Waals surface area (Å²) in [6.07, 6.45) is 3.58. The van der Waals surface area contributed by atoms with Crippen molar-refractivity contribution in [2.24, 2.45) is 7.05 Å². The first kappa shape index (κ1) is 17.0. The monoisotopic (exact) mass is 337 g/mol. The number of hydrogen-bond donors (Lipinski definition) is 1. The van der Waals surface area contributed by atoms with E-state index >= 15 is 0 Å². The molecule has 0 fully saturated rings. The van der Waals surface area contributed by atoms with Crippen LogP contribution >= 0.6 is 0 Å². The first-order valence-electron chi connectivity index (χ1n) is 8.62. The Morgan fingerprint density at radius 1 is 1.16 bits per heavy atom. The number of carbonyl (C=O) groups excluding carboxylic acids is 1. The molecule has 130 valence electrons. The highest BCUT2D eigenvalue weighted by Gasteiger charge is 2.15. The molecule has 1 aromatic carbocycles. The summed E-state index contributed by atoms with van der Waals surface area (Å²) in [4.78, 5) is 24.9. The van der Waals surface area contributed by atoms with Gasteiger partial charge in [0.05, 0.1) is 10.9 Å². The summed E-state index contributed by atoms with van der Waals surface area (Å²) in [5.41, 5.74) is 2.50. The number of benzene rings is 1. The van der Waals surface area contributed by atoms with Crippen molar-refractivity contribution in [2.45, 2.75) is 26.3 Å². The predicted octanol–water partition coefficient (Wildman–Crippen LogP) is 2.72. The van der Waals surface area contributed by atoms with Crippen LogP contribution in [0, 0.1) is 0 Å². The Morgan fingerprint density at radius 3 is 2.64 bits per heavy atom.